The van der Waals surface area contributed by atoms with Crippen molar-refractivity contribution in [2.75, 3.05) is 11.9 Å². The summed E-state index contributed by atoms with van der Waals surface area (Å²) in [7, 11) is 0. The largest absolute Gasteiger partial charge is 0.459 e. The molecule has 0 saturated heterocycles. The number of hydrogen-bond acceptors (Lipinski definition) is 5. The fourth-order valence-corrected chi connectivity index (χ4v) is 3.46. The number of nitrogens with zero attached hydrogens (tertiary/aromatic N) is 2. The molecule has 3 aromatic heterocycles. The van der Waals surface area contributed by atoms with Crippen molar-refractivity contribution in [1.29, 1.82) is 0 Å². The fourth-order valence-electron chi connectivity index (χ4n) is 2.76. The molecule has 2 amide bonds. The van der Waals surface area contributed by atoms with E-state index in [2.05, 4.69) is 15.6 Å². The van der Waals surface area contributed by atoms with Gasteiger partial charge in [0.25, 0.3) is 5.91 Å². The first-order valence-electron chi connectivity index (χ1n) is 8.83. The van der Waals surface area contributed by atoms with E-state index in [1.54, 1.807) is 23.5 Å². The van der Waals surface area contributed by atoms with E-state index in [0.717, 1.165) is 21.9 Å². The number of carbonyl (C=O) groups is 2. The smallest absolute Gasteiger partial charge is 0.286 e. The number of fused-ring (bicyclic) bond motifs is 1. The zero-order valence-corrected chi connectivity index (χ0v) is 15.7. The first-order chi connectivity index (χ1) is 13.7. The van der Waals surface area contributed by atoms with E-state index in [0.29, 0.717) is 19.4 Å². The van der Waals surface area contributed by atoms with Gasteiger partial charge >= 0.3 is 0 Å². The SMILES string of the molecule is O=C(CCCNC(=O)c1ccco1)Nc1ccc(-c2cn3ccsc3n2)cc1. The molecule has 142 valence electrons. The summed E-state index contributed by atoms with van der Waals surface area (Å²) in [4.78, 5) is 29.3. The number of rotatable bonds is 7. The minimum absolute atomic E-state index is 0.0949. The molecule has 4 rings (SSSR count). The van der Waals surface area contributed by atoms with Crippen LogP contribution in [-0.2, 0) is 4.79 Å². The number of furan rings is 1. The maximum Gasteiger partial charge on any atom is 0.286 e. The van der Waals surface area contributed by atoms with Crippen molar-refractivity contribution in [2.24, 2.45) is 0 Å². The number of aromatic nitrogens is 2. The Labute approximate surface area is 165 Å². The number of nitrogens with one attached hydrogen (secondary N) is 2. The summed E-state index contributed by atoms with van der Waals surface area (Å²) in [6, 6.07) is 10.8. The van der Waals surface area contributed by atoms with Crippen LogP contribution in [0.5, 0.6) is 0 Å². The predicted octanol–water partition coefficient (Wildman–Crippen LogP) is 3.80. The summed E-state index contributed by atoms with van der Waals surface area (Å²) in [5.74, 6) is -0.107. The molecule has 0 aliphatic carbocycles. The topological polar surface area (TPSA) is 88.6 Å². The number of imidazole rings is 1. The lowest BCUT2D eigenvalue weighted by atomic mass is 10.1. The minimum atomic E-state index is -0.278. The highest BCUT2D eigenvalue weighted by Gasteiger charge is 2.09. The minimum Gasteiger partial charge on any atom is -0.459 e. The molecule has 0 bridgehead atoms. The second-order valence-electron chi connectivity index (χ2n) is 6.18. The van der Waals surface area contributed by atoms with Crippen molar-refractivity contribution in [3.8, 4) is 11.3 Å². The van der Waals surface area contributed by atoms with E-state index in [4.69, 9.17) is 4.42 Å². The quantitative estimate of drug-likeness (QED) is 0.467. The predicted molar refractivity (Wildman–Crippen MR) is 107 cm³/mol. The Bertz CT molecular complexity index is 1050. The first kappa shape index (κ1) is 18.0. The van der Waals surface area contributed by atoms with Crippen molar-refractivity contribution >= 4 is 33.8 Å². The number of carbonyl (C=O) groups excluding carboxylic acids is 2. The van der Waals surface area contributed by atoms with Gasteiger partial charge < -0.3 is 15.1 Å². The van der Waals surface area contributed by atoms with Gasteiger partial charge in [0.15, 0.2) is 10.7 Å². The monoisotopic (exact) mass is 394 g/mol. The molecule has 8 heteroatoms. The summed E-state index contributed by atoms with van der Waals surface area (Å²) in [5, 5.41) is 7.58. The lowest BCUT2D eigenvalue weighted by Gasteiger charge is -2.06. The highest BCUT2D eigenvalue weighted by molar-refractivity contribution is 7.15. The Balaban J connectivity index is 1.24. The van der Waals surface area contributed by atoms with Crippen LogP contribution in [0, 0.1) is 0 Å². The summed E-state index contributed by atoms with van der Waals surface area (Å²) in [6.07, 6.45) is 6.26. The Hall–Kier alpha value is -3.39. The van der Waals surface area contributed by atoms with Crippen molar-refractivity contribution in [1.82, 2.24) is 14.7 Å². The van der Waals surface area contributed by atoms with Crippen molar-refractivity contribution in [3.05, 3.63) is 66.2 Å². The first-order valence-corrected chi connectivity index (χ1v) is 9.71. The van der Waals surface area contributed by atoms with E-state index in [1.807, 2.05) is 46.4 Å². The van der Waals surface area contributed by atoms with Crippen LogP contribution in [0.25, 0.3) is 16.2 Å². The van der Waals surface area contributed by atoms with Gasteiger partial charge in [0.2, 0.25) is 5.91 Å². The van der Waals surface area contributed by atoms with Crippen LogP contribution in [0.15, 0.2) is 64.9 Å². The highest BCUT2D eigenvalue weighted by atomic mass is 32.1. The lowest BCUT2D eigenvalue weighted by Crippen LogP contribution is -2.25. The van der Waals surface area contributed by atoms with Gasteiger partial charge in [-0.25, -0.2) is 4.98 Å². The van der Waals surface area contributed by atoms with Gasteiger partial charge in [0.05, 0.1) is 12.0 Å². The highest BCUT2D eigenvalue weighted by Crippen LogP contribution is 2.23. The number of hydrogen-bond donors (Lipinski definition) is 2. The van der Waals surface area contributed by atoms with E-state index in [1.165, 1.54) is 6.26 Å². The second-order valence-corrected chi connectivity index (χ2v) is 7.05. The van der Waals surface area contributed by atoms with Gasteiger partial charge in [-0.1, -0.05) is 12.1 Å². The maximum atomic E-state index is 12.1. The molecule has 0 atom stereocenters. The van der Waals surface area contributed by atoms with Gasteiger partial charge in [-0.15, -0.1) is 11.3 Å². The van der Waals surface area contributed by atoms with Crippen LogP contribution < -0.4 is 10.6 Å². The zero-order chi connectivity index (χ0) is 19.3. The number of anilines is 1. The number of benzene rings is 1. The molecule has 0 saturated carbocycles. The number of amides is 2. The summed E-state index contributed by atoms with van der Waals surface area (Å²) < 4.78 is 7.00. The average molecular weight is 394 g/mol. The Morgan fingerprint density at radius 3 is 2.79 bits per heavy atom. The average Bonchev–Trinajstić information content (AvgIpc) is 3.42. The molecule has 0 aliphatic heterocycles. The van der Waals surface area contributed by atoms with E-state index < -0.39 is 0 Å². The molecule has 0 radical (unpaired) electrons. The molecule has 0 aliphatic rings. The summed E-state index contributed by atoms with van der Waals surface area (Å²) >= 11 is 1.59. The Kier molecular flexibility index (Phi) is 5.20. The Morgan fingerprint density at radius 2 is 2.04 bits per heavy atom. The molecule has 4 aromatic rings. The van der Waals surface area contributed by atoms with E-state index >= 15 is 0 Å². The molecular formula is C20H18N4O3S. The Morgan fingerprint density at radius 1 is 1.18 bits per heavy atom. The van der Waals surface area contributed by atoms with E-state index in [9.17, 15) is 9.59 Å². The van der Waals surface area contributed by atoms with Crippen LogP contribution >= 0.6 is 11.3 Å². The van der Waals surface area contributed by atoms with Crippen LogP contribution in [0.4, 0.5) is 5.69 Å². The maximum absolute atomic E-state index is 12.1. The molecule has 0 unspecified atom stereocenters. The van der Waals surface area contributed by atoms with Crippen LogP contribution in [0.3, 0.4) is 0 Å². The molecule has 7 nitrogen and oxygen atoms in total. The third-order valence-corrected chi connectivity index (χ3v) is 4.94. The van der Waals surface area contributed by atoms with E-state index in [-0.39, 0.29) is 17.6 Å². The molecule has 2 N–H and O–H groups in total. The van der Waals surface area contributed by atoms with Gasteiger partial charge in [-0.05, 0) is 30.7 Å². The van der Waals surface area contributed by atoms with Crippen LogP contribution in [-0.4, -0.2) is 27.7 Å². The summed E-state index contributed by atoms with van der Waals surface area (Å²) in [6.45, 7) is 0.406. The molecule has 0 spiro atoms. The third kappa shape index (κ3) is 4.12. The third-order valence-electron chi connectivity index (χ3n) is 4.17. The van der Waals surface area contributed by atoms with Crippen LogP contribution in [0.2, 0.25) is 0 Å². The van der Waals surface area contributed by atoms with Crippen LogP contribution in [0.1, 0.15) is 23.4 Å². The molecular weight excluding hydrogens is 376 g/mol. The van der Waals surface area contributed by atoms with Crippen molar-refractivity contribution in [3.63, 3.8) is 0 Å². The van der Waals surface area contributed by atoms with Gasteiger partial charge in [-0.3, -0.25) is 14.0 Å². The van der Waals surface area contributed by atoms with Gasteiger partial charge in [-0.2, -0.15) is 0 Å². The standard InChI is InChI=1S/C20H18N4O3S/c25-18(4-1-9-21-19(26)17-3-2-11-27-17)22-15-7-5-14(6-8-15)16-13-24-10-12-28-20(24)23-16/h2-3,5-8,10-13H,1,4,9H2,(H,21,26)(H,22,25). The second kappa shape index (κ2) is 8.10. The summed E-state index contributed by atoms with van der Waals surface area (Å²) in [5.41, 5.74) is 2.63. The molecule has 0 fully saturated rings. The molecule has 28 heavy (non-hydrogen) atoms. The van der Waals surface area contributed by atoms with Gasteiger partial charge in [0, 0.05) is 42.0 Å². The number of thiazole rings is 1. The van der Waals surface area contributed by atoms with Crippen molar-refractivity contribution < 1.29 is 14.0 Å². The molecule has 1 aromatic carbocycles. The zero-order valence-electron chi connectivity index (χ0n) is 14.9. The fraction of sp³-hybridized carbons (Fsp3) is 0.150. The molecule has 3 heterocycles. The van der Waals surface area contributed by atoms with Crippen molar-refractivity contribution in [2.45, 2.75) is 12.8 Å². The lowest BCUT2D eigenvalue weighted by molar-refractivity contribution is -0.116. The van der Waals surface area contributed by atoms with Gasteiger partial charge in [0.1, 0.15) is 0 Å². The normalized spacial score (nSPS) is 10.9.